The van der Waals surface area contributed by atoms with E-state index in [2.05, 4.69) is 0 Å². The summed E-state index contributed by atoms with van der Waals surface area (Å²) < 4.78 is 11.2. The highest BCUT2D eigenvalue weighted by atomic mass is 16.5. The molecule has 0 saturated carbocycles. The summed E-state index contributed by atoms with van der Waals surface area (Å²) in [7, 11) is 1.75. The highest BCUT2D eigenvalue weighted by molar-refractivity contribution is 6.41. The maximum atomic E-state index is 11.7. The maximum Gasteiger partial charge on any atom is 0.451 e. The fourth-order valence-electron chi connectivity index (χ4n) is 3.37. The van der Waals surface area contributed by atoms with E-state index in [-0.39, 0.29) is 49.3 Å². The van der Waals surface area contributed by atoms with Crippen molar-refractivity contribution >= 4 is 19.0 Å². The number of amides is 1. The summed E-state index contributed by atoms with van der Waals surface area (Å²) in [6.07, 6.45) is -0.196. The molecule has 2 rings (SSSR count). The minimum absolute atomic E-state index is 0.0325. The van der Waals surface area contributed by atoms with Crippen molar-refractivity contribution in [1.82, 2.24) is 9.80 Å². The number of carboxylic acid groups (broad SMARTS) is 1. The number of carbonyl (C=O) groups is 2. The average Bonchev–Trinajstić information content (AvgIpc) is 2.64. The Balaban J connectivity index is 1.89. The van der Waals surface area contributed by atoms with Gasteiger partial charge in [-0.2, -0.15) is 0 Å². The van der Waals surface area contributed by atoms with Crippen LogP contribution in [0, 0.1) is 0 Å². The molecule has 32 heavy (non-hydrogen) atoms. The second-order valence-electron chi connectivity index (χ2n) is 8.64. The standard InChI is InChI=1S/C20H32BN3O8/c1-20(22,12-31-10-16(25)23(2)3)11-24-8-14(9-24)32-15-5-4-13(6-7-21(29)30)18(26)17(15)19(27)28/h4-5,14,26,29-30H,6-12,22H2,1-3H3,(H,27,28). The van der Waals surface area contributed by atoms with Crippen molar-refractivity contribution in [3.05, 3.63) is 23.3 Å². The number of nitrogens with zero attached hydrogens (tertiary/aromatic N) is 2. The molecule has 1 amide bonds. The topological polar surface area (TPSA) is 166 Å². The number of nitrogens with two attached hydrogens (primary N) is 1. The van der Waals surface area contributed by atoms with E-state index in [0.29, 0.717) is 25.2 Å². The largest absolute Gasteiger partial charge is 0.507 e. The first kappa shape index (κ1) is 25.9. The molecule has 1 unspecified atom stereocenters. The van der Waals surface area contributed by atoms with Crippen molar-refractivity contribution in [1.29, 1.82) is 0 Å². The van der Waals surface area contributed by atoms with Crippen molar-refractivity contribution in [3.63, 3.8) is 0 Å². The lowest BCUT2D eigenvalue weighted by Gasteiger charge is -2.43. The number of carboxylic acids is 1. The van der Waals surface area contributed by atoms with Crippen LogP contribution < -0.4 is 10.5 Å². The van der Waals surface area contributed by atoms with Gasteiger partial charge in [-0.05, 0) is 31.3 Å². The number of aromatic hydroxyl groups is 1. The second-order valence-corrected chi connectivity index (χ2v) is 8.64. The maximum absolute atomic E-state index is 11.7. The molecule has 1 aliphatic rings. The van der Waals surface area contributed by atoms with Crippen molar-refractivity contribution < 1.29 is 39.3 Å². The molecule has 1 atom stereocenters. The normalized spacial score (nSPS) is 16.2. The summed E-state index contributed by atoms with van der Waals surface area (Å²) in [5.74, 6) is -1.87. The molecule has 178 valence electrons. The molecule has 1 aromatic rings. The van der Waals surface area contributed by atoms with E-state index in [9.17, 15) is 19.8 Å². The van der Waals surface area contributed by atoms with E-state index >= 15 is 0 Å². The van der Waals surface area contributed by atoms with E-state index < -0.39 is 24.4 Å². The number of aryl methyl sites for hydroxylation is 1. The minimum atomic E-state index is -1.55. The molecule has 1 aliphatic heterocycles. The smallest absolute Gasteiger partial charge is 0.451 e. The predicted octanol–water partition coefficient (Wildman–Crippen LogP) is -1.01. The van der Waals surface area contributed by atoms with E-state index in [1.54, 1.807) is 14.1 Å². The van der Waals surface area contributed by atoms with E-state index in [1.165, 1.54) is 17.0 Å². The zero-order valence-corrected chi connectivity index (χ0v) is 18.7. The van der Waals surface area contributed by atoms with Crippen LogP contribution in [0.5, 0.6) is 11.5 Å². The molecule has 0 aliphatic carbocycles. The summed E-state index contributed by atoms with van der Waals surface area (Å²) in [5, 5.41) is 37.8. The predicted molar refractivity (Wildman–Crippen MR) is 117 cm³/mol. The molecular formula is C20H32BN3O8. The molecule has 1 aromatic carbocycles. The molecule has 0 spiro atoms. The van der Waals surface area contributed by atoms with Crippen molar-refractivity contribution in [2.75, 3.05) is 46.9 Å². The zero-order chi connectivity index (χ0) is 24.1. The summed E-state index contributed by atoms with van der Waals surface area (Å²) >= 11 is 0. The summed E-state index contributed by atoms with van der Waals surface area (Å²) in [4.78, 5) is 26.7. The van der Waals surface area contributed by atoms with Gasteiger partial charge in [0.2, 0.25) is 5.91 Å². The lowest BCUT2D eigenvalue weighted by Crippen LogP contribution is -2.61. The SMILES string of the molecule is CN(C)C(=O)COCC(C)(N)CN1CC(Oc2ccc(CCB(O)O)c(O)c2C(=O)O)C1. The third-order valence-corrected chi connectivity index (χ3v) is 5.07. The Morgan fingerprint density at radius 1 is 1.31 bits per heavy atom. The van der Waals surface area contributed by atoms with Gasteiger partial charge in [0.1, 0.15) is 29.8 Å². The Morgan fingerprint density at radius 3 is 2.53 bits per heavy atom. The van der Waals surface area contributed by atoms with Crippen LogP contribution >= 0.6 is 0 Å². The van der Waals surface area contributed by atoms with Gasteiger partial charge >= 0.3 is 13.1 Å². The minimum Gasteiger partial charge on any atom is -0.507 e. The Hall–Kier alpha value is -2.38. The van der Waals surface area contributed by atoms with Crippen LogP contribution in [0.25, 0.3) is 0 Å². The van der Waals surface area contributed by atoms with Gasteiger partial charge in [-0.25, -0.2) is 4.79 Å². The first-order valence-electron chi connectivity index (χ1n) is 10.3. The number of carbonyl (C=O) groups excluding carboxylic acids is 1. The number of likely N-dealkylation sites (tertiary alicyclic amines) is 1. The molecule has 0 aromatic heterocycles. The molecule has 1 heterocycles. The molecule has 0 bridgehead atoms. The quantitative estimate of drug-likeness (QED) is 0.248. The molecule has 1 saturated heterocycles. The highest BCUT2D eigenvalue weighted by Crippen LogP contribution is 2.34. The number of benzene rings is 1. The zero-order valence-electron chi connectivity index (χ0n) is 18.7. The third-order valence-electron chi connectivity index (χ3n) is 5.07. The Bertz CT molecular complexity index is 812. The number of phenols is 1. The Morgan fingerprint density at radius 2 is 1.97 bits per heavy atom. The van der Waals surface area contributed by atoms with Crippen molar-refractivity contribution in [2.24, 2.45) is 5.73 Å². The Kier molecular flexibility index (Phi) is 8.87. The number of likely N-dealkylation sites (N-methyl/N-ethyl adjacent to an activating group) is 1. The summed E-state index contributed by atoms with van der Waals surface area (Å²) in [6, 6.07) is 2.98. The van der Waals surface area contributed by atoms with E-state index in [0.717, 1.165) is 0 Å². The highest BCUT2D eigenvalue weighted by Gasteiger charge is 2.34. The van der Waals surface area contributed by atoms with Gasteiger partial charge < -0.3 is 40.4 Å². The van der Waals surface area contributed by atoms with Crippen molar-refractivity contribution in [3.8, 4) is 11.5 Å². The van der Waals surface area contributed by atoms with Crippen LogP contribution in [0.3, 0.4) is 0 Å². The first-order valence-corrected chi connectivity index (χ1v) is 10.3. The molecule has 1 fully saturated rings. The van der Waals surface area contributed by atoms with Gasteiger partial charge in [0.25, 0.3) is 0 Å². The van der Waals surface area contributed by atoms with Crippen LogP contribution in [0.15, 0.2) is 12.1 Å². The van der Waals surface area contributed by atoms with Crippen molar-refractivity contribution in [2.45, 2.75) is 31.3 Å². The Labute approximate surface area is 187 Å². The lowest BCUT2D eigenvalue weighted by molar-refractivity contribution is -0.134. The molecular weight excluding hydrogens is 421 g/mol. The fourth-order valence-corrected chi connectivity index (χ4v) is 3.37. The molecule has 6 N–H and O–H groups in total. The number of ether oxygens (including phenoxy) is 2. The van der Waals surface area contributed by atoms with Crippen LogP contribution in [0.2, 0.25) is 6.32 Å². The van der Waals surface area contributed by atoms with E-state index in [1.807, 2.05) is 11.8 Å². The lowest BCUT2D eigenvalue weighted by atomic mass is 9.82. The van der Waals surface area contributed by atoms with E-state index in [4.69, 9.17) is 25.3 Å². The number of rotatable bonds is 12. The summed E-state index contributed by atoms with van der Waals surface area (Å²) in [6.45, 7) is 3.52. The fraction of sp³-hybridized carbons (Fsp3) is 0.600. The van der Waals surface area contributed by atoms with Gasteiger partial charge in [0, 0.05) is 39.3 Å². The summed E-state index contributed by atoms with van der Waals surface area (Å²) in [5.41, 5.74) is 5.52. The van der Waals surface area contributed by atoms with Gasteiger partial charge in [-0.1, -0.05) is 6.07 Å². The molecule has 12 heteroatoms. The van der Waals surface area contributed by atoms with Gasteiger partial charge in [-0.3, -0.25) is 9.69 Å². The third kappa shape index (κ3) is 7.35. The number of hydrogen-bond donors (Lipinski definition) is 5. The van der Waals surface area contributed by atoms with Gasteiger partial charge in [0.05, 0.1) is 6.61 Å². The average molecular weight is 453 g/mol. The number of aromatic carboxylic acids is 1. The van der Waals surface area contributed by atoms with Gasteiger partial charge in [0.15, 0.2) is 0 Å². The van der Waals surface area contributed by atoms with Crippen LogP contribution in [-0.4, -0.2) is 108 Å². The molecule has 11 nitrogen and oxygen atoms in total. The van der Waals surface area contributed by atoms with Crippen LogP contribution in [0.1, 0.15) is 22.8 Å². The van der Waals surface area contributed by atoms with Gasteiger partial charge in [-0.15, -0.1) is 0 Å². The van der Waals surface area contributed by atoms with Crippen LogP contribution in [0.4, 0.5) is 0 Å². The molecule has 0 radical (unpaired) electrons. The monoisotopic (exact) mass is 453 g/mol. The first-order chi connectivity index (χ1) is 14.9. The van der Waals surface area contributed by atoms with Crippen LogP contribution in [-0.2, 0) is 16.0 Å². The second kappa shape index (κ2) is 11.0. The number of hydrogen-bond acceptors (Lipinski definition) is 9.